The SMILES string of the molecule is CCOc1cc(C=Nn2c(-c3cc4cc(Br)ccc4o3)nc3ccccc3c2=O)c(Br)cc1OC(C)=O. The van der Waals surface area contributed by atoms with Gasteiger partial charge in [0.05, 0.1) is 23.7 Å². The highest BCUT2D eigenvalue weighted by atomic mass is 79.9. The fourth-order valence-electron chi connectivity index (χ4n) is 3.79. The molecule has 2 aromatic heterocycles. The normalized spacial score (nSPS) is 11.5. The van der Waals surface area contributed by atoms with Gasteiger partial charge in [-0.3, -0.25) is 9.59 Å². The molecular weight excluding hydrogens is 606 g/mol. The van der Waals surface area contributed by atoms with Gasteiger partial charge in [0.15, 0.2) is 17.3 Å². The lowest BCUT2D eigenvalue weighted by Gasteiger charge is -2.12. The molecule has 0 radical (unpaired) electrons. The van der Waals surface area contributed by atoms with Gasteiger partial charge in [0.25, 0.3) is 5.56 Å². The zero-order valence-electron chi connectivity index (χ0n) is 19.7. The van der Waals surface area contributed by atoms with Crippen LogP contribution in [0.2, 0.25) is 0 Å². The zero-order valence-corrected chi connectivity index (χ0v) is 22.9. The van der Waals surface area contributed by atoms with Crippen LogP contribution in [0.1, 0.15) is 19.4 Å². The number of nitrogens with zero attached hydrogens (tertiary/aromatic N) is 3. The Balaban J connectivity index is 1.67. The number of rotatable bonds is 6. The van der Waals surface area contributed by atoms with Crippen LogP contribution in [0.25, 0.3) is 33.5 Å². The minimum Gasteiger partial charge on any atom is -0.490 e. The van der Waals surface area contributed by atoms with Gasteiger partial charge < -0.3 is 13.9 Å². The van der Waals surface area contributed by atoms with Crippen molar-refractivity contribution in [2.24, 2.45) is 5.10 Å². The highest BCUT2D eigenvalue weighted by molar-refractivity contribution is 9.10. The van der Waals surface area contributed by atoms with Crippen LogP contribution < -0.4 is 15.0 Å². The van der Waals surface area contributed by atoms with Crippen molar-refractivity contribution in [1.29, 1.82) is 0 Å². The van der Waals surface area contributed by atoms with Crippen LogP contribution >= 0.6 is 31.9 Å². The van der Waals surface area contributed by atoms with Crippen molar-refractivity contribution in [3.8, 4) is 23.1 Å². The van der Waals surface area contributed by atoms with Crippen LogP contribution in [0.15, 0.2) is 83.9 Å². The van der Waals surface area contributed by atoms with E-state index in [9.17, 15) is 9.59 Å². The number of furan rings is 1. The van der Waals surface area contributed by atoms with Gasteiger partial charge in [0.2, 0.25) is 5.82 Å². The Hall–Kier alpha value is -3.76. The van der Waals surface area contributed by atoms with Gasteiger partial charge >= 0.3 is 5.97 Å². The molecule has 0 aliphatic rings. The zero-order chi connectivity index (χ0) is 26.1. The van der Waals surface area contributed by atoms with Crippen molar-refractivity contribution in [1.82, 2.24) is 9.66 Å². The topological polar surface area (TPSA) is 95.9 Å². The number of carbonyl (C=O) groups is 1. The first kappa shape index (κ1) is 24.9. The number of para-hydroxylation sites is 1. The van der Waals surface area contributed by atoms with Gasteiger partial charge in [-0.2, -0.15) is 9.78 Å². The van der Waals surface area contributed by atoms with Crippen LogP contribution in [0.5, 0.6) is 11.5 Å². The highest BCUT2D eigenvalue weighted by Gasteiger charge is 2.17. The van der Waals surface area contributed by atoms with Crippen molar-refractivity contribution in [2.75, 3.05) is 6.61 Å². The third-order valence-electron chi connectivity index (χ3n) is 5.38. The first-order valence-electron chi connectivity index (χ1n) is 11.2. The van der Waals surface area contributed by atoms with Crippen LogP contribution in [0.3, 0.4) is 0 Å². The van der Waals surface area contributed by atoms with Crippen molar-refractivity contribution in [2.45, 2.75) is 13.8 Å². The van der Waals surface area contributed by atoms with E-state index in [1.807, 2.05) is 37.3 Å². The van der Waals surface area contributed by atoms with E-state index in [1.54, 1.807) is 30.3 Å². The number of fused-ring (bicyclic) bond motifs is 2. The quantitative estimate of drug-likeness (QED) is 0.121. The average molecular weight is 625 g/mol. The molecule has 5 rings (SSSR count). The molecule has 0 bridgehead atoms. The molecule has 0 amide bonds. The summed E-state index contributed by atoms with van der Waals surface area (Å²) in [5.41, 5.74) is 1.43. The van der Waals surface area contributed by atoms with Gasteiger partial charge in [-0.25, -0.2) is 4.98 Å². The molecule has 8 nitrogen and oxygen atoms in total. The molecule has 0 unspecified atom stereocenters. The summed E-state index contributed by atoms with van der Waals surface area (Å²) in [7, 11) is 0. The Morgan fingerprint density at radius 2 is 1.92 bits per heavy atom. The van der Waals surface area contributed by atoms with E-state index in [-0.39, 0.29) is 17.1 Å². The van der Waals surface area contributed by atoms with Crippen molar-refractivity contribution in [3.63, 3.8) is 0 Å². The lowest BCUT2D eigenvalue weighted by atomic mass is 10.2. The van der Waals surface area contributed by atoms with E-state index in [0.29, 0.717) is 44.6 Å². The summed E-state index contributed by atoms with van der Waals surface area (Å²) in [6.45, 7) is 3.51. The number of benzene rings is 3. The third-order valence-corrected chi connectivity index (χ3v) is 6.56. The van der Waals surface area contributed by atoms with Crippen LogP contribution in [-0.2, 0) is 4.79 Å². The molecular formula is C27H19Br2N3O5. The van der Waals surface area contributed by atoms with E-state index in [1.165, 1.54) is 17.8 Å². The second kappa shape index (κ2) is 10.3. The molecule has 186 valence electrons. The van der Waals surface area contributed by atoms with Crippen molar-refractivity contribution < 1.29 is 18.7 Å². The molecule has 0 aliphatic carbocycles. The maximum atomic E-state index is 13.5. The maximum Gasteiger partial charge on any atom is 0.308 e. The van der Waals surface area contributed by atoms with Gasteiger partial charge in [0.1, 0.15) is 5.58 Å². The molecule has 3 aromatic carbocycles. The average Bonchev–Trinajstić information content (AvgIpc) is 3.28. The van der Waals surface area contributed by atoms with E-state index in [0.717, 1.165) is 9.86 Å². The third kappa shape index (κ3) is 5.07. The summed E-state index contributed by atoms with van der Waals surface area (Å²) in [5.74, 6) is 0.828. The minimum atomic E-state index is -0.467. The Morgan fingerprint density at radius 3 is 2.70 bits per heavy atom. The van der Waals surface area contributed by atoms with Crippen LogP contribution in [0.4, 0.5) is 0 Å². The Labute approximate surface area is 227 Å². The van der Waals surface area contributed by atoms with Crippen molar-refractivity contribution >= 4 is 65.9 Å². The standard InChI is InChI=1S/C27H19Br2N3O5/c1-3-35-23-12-17(20(29)13-24(23)36-15(2)33)14-30-32-26(31-21-7-5-4-6-19(21)27(32)34)25-11-16-10-18(28)8-9-22(16)37-25/h4-14H,3H2,1-2H3. The molecule has 37 heavy (non-hydrogen) atoms. The lowest BCUT2D eigenvalue weighted by molar-refractivity contribution is -0.132. The summed E-state index contributed by atoms with van der Waals surface area (Å²) in [5, 5.41) is 5.77. The molecule has 0 aliphatic heterocycles. The predicted octanol–water partition coefficient (Wildman–Crippen LogP) is 6.54. The molecule has 0 atom stereocenters. The number of aromatic nitrogens is 2. The molecule has 0 saturated heterocycles. The first-order valence-corrected chi connectivity index (χ1v) is 12.8. The van der Waals surface area contributed by atoms with E-state index < -0.39 is 5.97 Å². The lowest BCUT2D eigenvalue weighted by Crippen LogP contribution is -2.20. The first-order chi connectivity index (χ1) is 17.8. The Kier molecular flexibility index (Phi) is 6.94. The summed E-state index contributed by atoms with van der Waals surface area (Å²) in [6.07, 6.45) is 1.50. The predicted molar refractivity (Wildman–Crippen MR) is 149 cm³/mol. The van der Waals surface area contributed by atoms with Gasteiger partial charge in [-0.05, 0) is 71.4 Å². The second-order valence-corrected chi connectivity index (χ2v) is 9.72. The minimum absolute atomic E-state index is 0.255. The summed E-state index contributed by atoms with van der Waals surface area (Å²) in [6, 6.07) is 17.8. The molecule has 0 N–H and O–H groups in total. The maximum absolute atomic E-state index is 13.5. The van der Waals surface area contributed by atoms with Gasteiger partial charge in [0, 0.05) is 26.8 Å². The molecule has 0 saturated carbocycles. The number of esters is 1. The van der Waals surface area contributed by atoms with E-state index in [2.05, 4.69) is 37.0 Å². The van der Waals surface area contributed by atoms with E-state index in [4.69, 9.17) is 18.9 Å². The second-order valence-electron chi connectivity index (χ2n) is 7.95. The molecule has 10 heteroatoms. The summed E-state index contributed by atoms with van der Waals surface area (Å²) < 4.78 is 19.6. The number of carbonyl (C=O) groups excluding carboxylic acids is 1. The number of hydrogen-bond acceptors (Lipinski definition) is 7. The fourth-order valence-corrected chi connectivity index (χ4v) is 4.59. The highest BCUT2D eigenvalue weighted by Crippen LogP contribution is 2.34. The Bertz CT molecular complexity index is 1760. The van der Waals surface area contributed by atoms with Crippen LogP contribution in [-0.4, -0.2) is 28.5 Å². The largest absolute Gasteiger partial charge is 0.490 e. The molecule has 0 spiro atoms. The number of ether oxygens (including phenoxy) is 2. The smallest absolute Gasteiger partial charge is 0.308 e. The molecule has 2 heterocycles. The monoisotopic (exact) mass is 623 g/mol. The molecule has 5 aromatic rings. The fraction of sp³-hybridized carbons (Fsp3) is 0.111. The van der Waals surface area contributed by atoms with E-state index >= 15 is 0 Å². The van der Waals surface area contributed by atoms with Crippen LogP contribution in [0, 0.1) is 0 Å². The summed E-state index contributed by atoms with van der Waals surface area (Å²) >= 11 is 6.95. The summed E-state index contributed by atoms with van der Waals surface area (Å²) in [4.78, 5) is 29.7. The van der Waals surface area contributed by atoms with Crippen molar-refractivity contribution in [3.05, 3.63) is 85.5 Å². The number of halogens is 2. The van der Waals surface area contributed by atoms with Gasteiger partial charge in [-0.15, -0.1) is 0 Å². The Morgan fingerprint density at radius 1 is 1.11 bits per heavy atom. The number of hydrogen-bond donors (Lipinski definition) is 0. The van der Waals surface area contributed by atoms with Gasteiger partial charge in [-0.1, -0.05) is 28.1 Å². The molecule has 0 fully saturated rings.